The third-order valence-corrected chi connectivity index (χ3v) is 12.3. The van der Waals surface area contributed by atoms with E-state index in [2.05, 4.69) is 29.7 Å². The minimum absolute atomic E-state index is 0.000309. The summed E-state index contributed by atoms with van der Waals surface area (Å²) in [6.45, 7) is 0. The standard InChI is InChI=1S/C18H25ClN4O.C18H24ClN3O/c1-22-15-11-20-18(19)21-16(15)23(13-8-4-5-9-13)14(17(22)24)10-12-6-2-3-7-12;19-18-20-11-13-10-16(23)15(9-12-5-1-2-6-12)22(17(13)21-18)14-7-3-4-8-14/h11-14H,2-10H2,1H3;11-12,14-15H,1-10H2/t14-;15-/m11/s1. The van der Waals surface area contributed by atoms with Gasteiger partial charge in [0, 0.05) is 37.3 Å². The maximum Gasteiger partial charge on any atom is 0.249 e. The van der Waals surface area contributed by atoms with Crippen LogP contribution in [0.3, 0.4) is 0 Å². The second kappa shape index (κ2) is 14.5. The SMILES string of the molecule is CN1C(=O)[C@@H](CC2CCCC2)N(C2CCCC2)c2nc(Cl)ncc21.O=C1Cc2cnc(Cl)nc2N(C2CCCC2)[C@@H]1CC1CCCC1. The summed E-state index contributed by atoms with van der Waals surface area (Å²) in [6.07, 6.45) is 25.7. The van der Waals surface area contributed by atoms with Crippen LogP contribution in [0.1, 0.15) is 121 Å². The highest BCUT2D eigenvalue weighted by molar-refractivity contribution is 6.28. The van der Waals surface area contributed by atoms with E-state index in [0.29, 0.717) is 41.4 Å². The number of ketones is 1. The monoisotopic (exact) mass is 681 g/mol. The van der Waals surface area contributed by atoms with Gasteiger partial charge >= 0.3 is 0 Å². The Hall–Kier alpha value is -2.52. The number of rotatable bonds is 6. The van der Waals surface area contributed by atoms with Crippen LogP contribution in [-0.2, 0) is 16.0 Å². The third kappa shape index (κ3) is 6.99. The summed E-state index contributed by atoms with van der Waals surface area (Å²) in [4.78, 5) is 49.6. The van der Waals surface area contributed by atoms with Crippen LogP contribution < -0.4 is 14.7 Å². The van der Waals surface area contributed by atoms with Crippen LogP contribution in [-0.4, -0.2) is 62.8 Å². The molecule has 0 saturated heterocycles. The number of anilines is 3. The van der Waals surface area contributed by atoms with Gasteiger partial charge in [0.25, 0.3) is 0 Å². The second-order valence-electron chi connectivity index (χ2n) is 14.9. The zero-order valence-electron chi connectivity index (χ0n) is 27.8. The van der Waals surface area contributed by atoms with E-state index < -0.39 is 0 Å². The van der Waals surface area contributed by atoms with Crippen molar-refractivity contribution in [2.75, 3.05) is 21.7 Å². The largest absolute Gasteiger partial charge is 0.343 e. The van der Waals surface area contributed by atoms with E-state index in [-0.39, 0.29) is 23.3 Å². The number of hydrogen-bond acceptors (Lipinski definition) is 8. The Morgan fingerprint density at radius 2 is 1.13 bits per heavy atom. The topological polar surface area (TPSA) is 95.4 Å². The molecule has 9 nitrogen and oxygen atoms in total. The number of carbonyl (C=O) groups excluding carboxylic acids is 2. The first-order valence-corrected chi connectivity index (χ1v) is 19.0. The van der Waals surface area contributed by atoms with Crippen LogP contribution in [0, 0.1) is 11.8 Å². The molecule has 4 fully saturated rings. The number of halogens is 2. The van der Waals surface area contributed by atoms with Gasteiger partial charge in [0.15, 0.2) is 11.6 Å². The fraction of sp³-hybridized carbons (Fsp3) is 0.722. The minimum Gasteiger partial charge on any atom is -0.343 e. The number of likely N-dealkylation sites (N-methyl/N-ethyl adjacent to an activating group) is 1. The van der Waals surface area contributed by atoms with Crippen molar-refractivity contribution in [1.82, 2.24) is 19.9 Å². The van der Waals surface area contributed by atoms with Crippen molar-refractivity contribution in [2.45, 2.75) is 146 Å². The van der Waals surface area contributed by atoms with Crippen LogP contribution in [0.15, 0.2) is 12.4 Å². The Labute approximate surface area is 289 Å². The molecular weight excluding hydrogens is 633 g/mol. The van der Waals surface area contributed by atoms with Crippen molar-refractivity contribution in [3.8, 4) is 0 Å². The Morgan fingerprint density at radius 3 is 1.70 bits per heavy atom. The van der Waals surface area contributed by atoms with Gasteiger partial charge in [0.2, 0.25) is 16.5 Å². The molecule has 0 bridgehead atoms. The van der Waals surface area contributed by atoms with Gasteiger partial charge in [-0.3, -0.25) is 9.59 Å². The van der Waals surface area contributed by atoms with Gasteiger partial charge in [-0.25, -0.2) is 15.0 Å². The second-order valence-corrected chi connectivity index (χ2v) is 15.5. The Morgan fingerprint density at radius 1 is 0.660 bits per heavy atom. The number of amides is 1. The molecule has 0 unspecified atom stereocenters. The molecule has 4 aliphatic carbocycles. The average molecular weight is 683 g/mol. The third-order valence-electron chi connectivity index (χ3n) is 11.9. The number of fused-ring (bicyclic) bond motifs is 2. The molecule has 0 spiro atoms. The van der Waals surface area contributed by atoms with Crippen molar-refractivity contribution < 1.29 is 9.59 Å². The van der Waals surface area contributed by atoms with E-state index in [9.17, 15) is 9.59 Å². The lowest BCUT2D eigenvalue weighted by molar-refractivity contribution is -0.121. The Bertz CT molecular complexity index is 1430. The number of Topliss-reactive ketones (excluding diaryl/α,β-unsaturated/α-hetero) is 1. The summed E-state index contributed by atoms with van der Waals surface area (Å²) in [5.41, 5.74) is 1.74. The number of hydrogen-bond donors (Lipinski definition) is 0. The predicted molar refractivity (Wildman–Crippen MR) is 186 cm³/mol. The number of nitrogens with zero attached hydrogens (tertiary/aromatic N) is 7. The first kappa shape index (κ1) is 33.0. The highest BCUT2D eigenvalue weighted by atomic mass is 35.5. The molecule has 8 rings (SSSR count). The molecule has 2 aromatic rings. The van der Waals surface area contributed by atoms with E-state index in [1.165, 1.54) is 77.0 Å². The molecule has 4 saturated carbocycles. The van der Waals surface area contributed by atoms with Crippen molar-refractivity contribution in [3.63, 3.8) is 0 Å². The molecule has 47 heavy (non-hydrogen) atoms. The van der Waals surface area contributed by atoms with Gasteiger partial charge in [-0.2, -0.15) is 4.98 Å². The van der Waals surface area contributed by atoms with E-state index in [1.54, 1.807) is 17.3 Å². The van der Waals surface area contributed by atoms with Crippen molar-refractivity contribution in [2.24, 2.45) is 11.8 Å². The lowest BCUT2D eigenvalue weighted by Crippen LogP contribution is -2.56. The molecule has 254 valence electrons. The zero-order chi connectivity index (χ0) is 32.5. The molecule has 0 radical (unpaired) electrons. The molecule has 6 aliphatic rings. The predicted octanol–water partition coefficient (Wildman–Crippen LogP) is 7.76. The van der Waals surface area contributed by atoms with Gasteiger partial charge in [-0.05, 0) is 73.6 Å². The molecule has 4 heterocycles. The maximum atomic E-state index is 13.1. The highest BCUT2D eigenvalue weighted by Gasteiger charge is 2.44. The quantitative estimate of drug-likeness (QED) is 0.286. The highest BCUT2D eigenvalue weighted by Crippen LogP contribution is 2.43. The van der Waals surface area contributed by atoms with Gasteiger partial charge < -0.3 is 14.7 Å². The molecule has 11 heteroatoms. The fourth-order valence-electron chi connectivity index (χ4n) is 9.52. The molecule has 0 aromatic carbocycles. The molecule has 2 aromatic heterocycles. The van der Waals surface area contributed by atoms with Crippen molar-refractivity contribution in [3.05, 3.63) is 28.5 Å². The normalized spacial score (nSPS) is 25.8. The summed E-state index contributed by atoms with van der Waals surface area (Å²) in [6, 6.07) is 0.744. The van der Waals surface area contributed by atoms with Gasteiger partial charge in [0.1, 0.15) is 17.5 Å². The average Bonchev–Trinajstić information content (AvgIpc) is 3.90. The Balaban J connectivity index is 0.000000150. The Kier molecular flexibility index (Phi) is 10.2. The summed E-state index contributed by atoms with van der Waals surface area (Å²) in [5.74, 6) is 3.68. The molecular formula is C36H49Cl2N7O2. The van der Waals surface area contributed by atoms with E-state index in [0.717, 1.165) is 61.4 Å². The summed E-state index contributed by atoms with van der Waals surface area (Å²) in [5, 5.41) is 0.555. The van der Waals surface area contributed by atoms with Crippen LogP contribution in [0.2, 0.25) is 10.6 Å². The van der Waals surface area contributed by atoms with Crippen LogP contribution >= 0.6 is 23.2 Å². The van der Waals surface area contributed by atoms with Gasteiger partial charge in [-0.1, -0.05) is 77.0 Å². The van der Waals surface area contributed by atoms with Crippen molar-refractivity contribution >= 4 is 52.2 Å². The van der Waals surface area contributed by atoms with Gasteiger partial charge in [0.05, 0.1) is 12.2 Å². The van der Waals surface area contributed by atoms with Crippen LogP contribution in [0.4, 0.5) is 17.3 Å². The molecule has 2 aliphatic heterocycles. The molecule has 2 atom stereocenters. The summed E-state index contributed by atoms with van der Waals surface area (Å²) >= 11 is 12.2. The van der Waals surface area contributed by atoms with E-state index in [1.807, 2.05) is 7.05 Å². The van der Waals surface area contributed by atoms with Crippen LogP contribution in [0.25, 0.3) is 0 Å². The number of carbonyl (C=O) groups is 2. The molecule has 1 amide bonds. The summed E-state index contributed by atoms with van der Waals surface area (Å²) < 4.78 is 0. The lowest BCUT2D eigenvalue weighted by atomic mass is 9.88. The first-order chi connectivity index (χ1) is 22.9. The van der Waals surface area contributed by atoms with Gasteiger partial charge in [-0.15, -0.1) is 0 Å². The van der Waals surface area contributed by atoms with E-state index in [4.69, 9.17) is 23.2 Å². The zero-order valence-corrected chi connectivity index (χ0v) is 29.3. The summed E-state index contributed by atoms with van der Waals surface area (Å²) in [7, 11) is 1.84. The first-order valence-electron chi connectivity index (χ1n) is 18.3. The van der Waals surface area contributed by atoms with Crippen LogP contribution in [0.5, 0.6) is 0 Å². The van der Waals surface area contributed by atoms with E-state index >= 15 is 0 Å². The van der Waals surface area contributed by atoms with Crippen molar-refractivity contribution in [1.29, 1.82) is 0 Å². The fourth-order valence-corrected chi connectivity index (χ4v) is 9.78. The maximum absolute atomic E-state index is 13.1. The molecule has 0 N–H and O–H groups in total. The number of aromatic nitrogens is 4. The smallest absolute Gasteiger partial charge is 0.249 e. The lowest BCUT2D eigenvalue weighted by Gasteiger charge is -2.44. The minimum atomic E-state index is -0.0975.